The third kappa shape index (κ3) is 2.83. The quantitative estimate of drug-likeness (QED) is 0.452. The maximum Gasteiger partial charge on any atom is 0.460 e. The normalized spacial score (nSPS) is 15.5. The van der Waals surface area contributed by atoms with Crippen LogP contribution >= 0.6 is 11.3 Å². The fourth-order valence-electron chi connectivity index (χ4n) is 1.80. The van der Waals surface area contributed by atoms with E-state index in [2.05, 4.69) is 0 Å². The van der Waals surface area contributed by atoms with E-state index in [1.54, 1.807) is 0 Å². The molecule has 0 N–H and O–H groups in total. The van der Waals surface area contributed by atoms with E-state index in [0.29, 0.717) is 5.38 Å². The van der Waals surface area contributed by atoms with E-state index in [4.69, 9.17) is 0 Å². The van der Waals surface area contributed by atoms with Crippen LogP contribution in [0.15, 0.2) is 11.4 Å². The molecule has 1 rings (SSSR count). The number of aryl methyl sites for hydroxylation is 1. The Labute approximate surface area is 140 Å². The fourth-order valence-corrected chi connectivity index (χ4v) is 2.81. The third-order valence-corrected chi connectivity index (χ3v) is 4.37. The number of hydrogen-bond acceptors (Lipinski definition) is 1. The molecule has 0 aliphatic heterocycles. The smallest absolute Gasteiger partial charge is 0.193 e. The molecule has 1 aromatic heterocycles. The van der Waals surface area contributed by atoms with Crippen molar-refractivity contribution in [1.82, 2.24) is 0 Å². The molecule has 1 heterocycles. The van der Waals surface area contributed by atoms with Crippen LogP contribution in [-0.4, -0.2) is 29.9 Å². The maximum atomic E-state index is 13.8. The van der Waals surface area contributed by atoms with Crippen molar-refractivity contribution in [2.24, 2.45) is 0 Å². The molecule has 0 unspecified atom stereocenters. The van der Waals surface area contributed by atoms with E-state index < -0.39 is 52.7 Å². The lowest BCUT2D eigenvalue weighted by Crippen LogP contribution is -2.69. The second-order valence-electron chi connectivity index (χ2n) is 5.00. The van der Waals surface area contributed by atoms with Crippen molar-refractivity contribution in [2.45, 2.75) is 49.1 Å². The van der Waals surface area contributed by atoms with Crippen molar-refractivity contribution in [2.75, 3.05) is 0 Å². The summed E-state index contributed by atoms with van der Waals surface area (Å²) in [5.41, 5.74) is -0.693. The highest BCUT2D eigenvalue weighted by Crippen LogP contribution is 2.62. The van der Waals surface area contributed by atoms with Crippen molar-refractivity contribution in [3.05, 3.63) is 21.9 Å². The van der Waals surface area contributed by atoms with Crippen molar-refractivity contribution in [1.29, 1.82) is 0 Å². The van der Waals surface area contributed by atoms with Gasteiger partial charge in [-0.25, -0.2) is 0 Å². The Morgan fingerprint density at radius 1 is 0.692 bits per heavy atom. The van der Waals surface area contributed by atoms with Crippen molar-refractivity contribution >= 4 is 11.3 Å². The predicted molar refractivity (Wildman–Crippen MR) is 63.4 cm³/mol. The van der Waals surface area contributed by atoms with Crippen molar-refractivity contribution in [3.8, 4) is 0 Å². The summed E-state index contributed by atoms with van der Waals surface area (Å²) in [5, 5.41) is 0.707. The number of alkyl halides is 13. The lowest BCUT2D eigenvalue weighted by atomic mass is 9.92. The summed E-state index contributed by atoms with van der Waals surface area (Å²) >= 11 is -0.270. The van der Waals surface area contributed by atoms with Crippen molar-refractivity contribution in [3.63, 3.8) is 0 Å². The molecule has 0 saturated carbocycles. The molecule has 0 spiro atoms. The van der Waals surface area contributed by atoms with Crippen LogP contribution in [0.25, 0.3) is 0 Å². The zero-order valence-electron chi connectivity index (χ0n) is 12.2. The lowest BCUT2D eigenvalue weighted by Gasteiger charge is -2.39. The molecule has 1 aromatic rings. The second-order valence-corrected chi connectivity index (χ2v) is 5.91. The molecule has 0 nitrogen and oxygen atoms in total. The molecule has 0 atom stereocenters. The highest BCUT2D eigenvalue weighted by molar-refractivity contribution is 7.10. The van der Waals surface area contributed by atoms with Gasteiger partial charge in [0.05, 0.1) is 4.88 Å². The molecule has 0 amide bonds. The topological polar surface area (TPSA) is 0 Å². The van der Waals surface area contributed by atoms with Crippen LogP contribution in [0.4, 0.5) is 57.1 Å². The number of halogens is 13. The summed E-state index contributed by atoms with van der Waals surface area (Å²) in [6.07, 6.45) is -7.85. The molecule has 0 bridgehead atoms. The molecule has 152 valence electrons. The number of thiophene rings is 1. The Hall–Kier alpha value is -1.21. The van der Waals surface area contributed by atoms with E-state index in [1.165, 1.54) is 0 Å². The van der Waals surface area contributed by atoms with Gasteiger partial charge >= 0.3 is 35.8 Å². The lowest BCUT2D eigenvalue weighted by molar-refractivity contribution is -0.441. The molecular formula is C12H7F13S. The van der Waals surface area contributed by atoms with E-state index in [0.717, 1.165) is 13.0 Å². The fraction of sp³-hybridized carbons (Fsp3) is 0.667. The Kier molecular flexibility index (Phi) is 5.41. The molecule has 0 aliphatic carbocycles. The first-order chi connectivity index (χ1) is 11.3. The van der Waals surface area contributed by atoms with Crippen LogP contribution in [0.1, 0.15) is 17.4 Å². The van der Waals surface area contributed by atoms with Crippen LogP contribution < -0.4 is 0 Å². The van der Waals surface area contributed by atoms with Gasteiger partial charge in [0, 0.05) is 0 Å². The van der Waals surface area contributed by atoms with E-state index in [1.807, 2.05) is 0 Å². The number of hydrogen-bond donors (Lipinski definition) is 0. The van der Waals surface area contributed by atoms with Gasteiger partial charge in [0.15, 0.2) is 0 Å². The summed E-state index contributed by atoms with van der Waals surface area (Å²) < 4.78 is 169. The van der Waals surface area contributed by atoms with Gasteiger partial charge in [-0.1, -0.05) is 6.92 Å². The molecule has 0 saturated heterocycles. The van der Waals surface area contributed by atoms with Gasteiger partial charge in [-0.2, -0.15) is 57.1 Å². The molecule has 26 heavy (non-hydrogen) atoms. The first-order valence-corrected chi connectivity index (χ1v) is 7.21. The maximum absolute atomic E-state index is 13.8. The molecule has 0 fully saturated rings. The number of rotatable bonds is 6. The minimum absolute atomic E-state index is 0.270. The molecular weight excluding hydrogens is 423 g/mol. The largest absolute Gasteiger partial charge is 0.460 e. The SMILES string of the molecule is CCc1ccsc1C(F)(F)C(F)(F)C(F)(F)C(F)(F)C(F)(F)C(F)(F)F. The summed E-state index contributed by atoms with van der Waals surface area (Å²) in [6.45, 7) is 1.10. The van der Waals surface area contributed by atoms with Gasteiger partial charge in [0.1, 0.15) is 0 Å². The second kappa shape index (κ2) is 6.16. The summed E-state index contributed by atoms with van der Waals surface area (Å²) in [6, 6.07) is 0.755. The molecule has 0 aromatic carbocycles. The van der Waals surface area contributed by atoms with Gasteiger partial charge in [0.2, 0.25) is 0 Å². The van der Waals surface area contributed by atoms with Gasteiger partial charge in [-0.15, -0.1) is 11.3 Å². The Balaban J connectivity index is 3.58. The molecule has 14 heteroatoms. The zero-order valence-corrected chi connectivity index (χ0v) is 13.0. The summed E-state index contributed by atoms with van der Waals surface area (Å²) in [5.74, 6) is -36.7. The van der Waals surface area contributed by atoms with Gasteiger partial charge in [-0.05, 0) is 23.4 Å². The van der Waals surface area contributed by atoms with Gasteiger partial charge in [0.25, 0.3) is 0 Å². The van der Waals surface area contributed by atoms with E-state index >= 15 is 0 Å². The third-order valence-electron chi connectivity index (χ3n) is 3.35. The highest BCUT2D eigenvalue weighted by atomic mass is 32.1. The molecule has 0 radical (unpaired) electrons. The van der Waals surface area contributed by atoms with Gasteiger partial charge in [-0.3, -0.25) is 0 Å². The highest BCUT2D eigenvalue weighted by Gasteiger charge is 2.91. The first kappa shape index (κ1) is 22.8. The van der Waals surface area contributed by atoms with E-state index in [-0.39, 0.29) is 11.3 Å². The standard InChI is InChI=1S/C12H7F13S/c1-2-5-3-4-26-6(5)7(13,14)8(15,16)9(17,18)10(19,20)11(21,22)12(23,24)25/h3-4H,2H2,1H3. The Bertz CT molecular complexity index is 640. The monoisotopic (exact) mass is 430 g/mol. The minimum Gasteiger partial charge on any atom is -0.193 e. The average molecular weight is 430 g/mol. The average Bonchev–Trinajstić information content (AvgIpc) is 2.94. The Morgan fingerprint density at radius 2 is 1.12 bits per heavy atom. The van der Waals surface area contributed by atoms with Crippen LogP contribution in [0.5, 0.6) is 0 Å². The van der Waals surface area contributed by atoms with Crippen molar-refractivity contribution < 1.29 is 57.1 Å². The summed E-state index contributed by atoms with van der Waals surface area (Å²) in [7, 11) is 0. The van der Waals surface area contributed by atoms with Crippen LogP contribution in [-0.2, 0) is 12.3 Å². The van der Waals surface area contributed by atoms with Gasteiger partial charge < -0.3 is 0 Å². The summed E-state index contributed by atoms with van der Waals surface area (Å²) in [4.78, 5) is -1.85. The predicted octanol–water partition coefficient (Wildman–Crippen LogP) is 6.51. The Morgan fingerprint density at radius 3 is 1.50 bits per heavy atom. The first-order valence-electron chi connectivity index (χ1n) is 6.33. The van der Waals surface area contributed by atoms with Crippen LogP contribution in [0, 0.1) is 0 Å². The zero-order chi connectivity index (χ0) is 21.0. The molecule has 0 aliphatic rings. The van der Waals surface area contributed by atoms with Crippen LogP contribution in [0.2, 0.25) is 0 Å². The minimum atomic E-state index is -7.87. The van der Waals surface area contributed by atoms with Crippen LogP contribution in [0.3, 0.4) is 0 Å². The van der Waals surface area contributed by atoms with E-state index in [9.17, 15) is 57.1 Å².